The Morgan fingerprint density at radius 1 is 1.29 bits per heavy atom. The zero-order valence-electron chi connectivity index (χ0n) is 8.53. The first-order valence-electron chi connectivity index (χ1n) is 5.07. The molecule has 0 spiro atoms. The van der Waals surface area contributed by atoms with E-state index >= 15 is 0 Å². The largest absolute Gasteiger partial charge is 0.319 e. The summed E-state index contributed by atoms with van der Waals surface area (Å²) in [6, 6.07) is 4.26. The van der Waals surface area contributed by atoms with E-state index in [0.717, 1.165) is 19.4 Å². The smallest absolute Gasteiger partial charge is 0.0270 e. The Hall–Kier alpha value is -1.15. The van der Waals surface area contributed by atoms with E-state index in [1.54, 1.807) is 0 Å². The Labute approximate surface area is 85.1 Å². The summed E-state index contributed by atoms with van der Waals surface area (Å²) in [5.41, 5.74) is 1.67. The second kappa shape index (κ2) is 3.93. The van der Waals surface area contributed by atoms with Crippen LogP contribution in [0, 0.1) is 0 Å². The first kappa shape index (κ1) is 9.41. The van der Waals surface area contributed by atoms with Crippen LogP contribution in [0.25, 0.3) is 0 Å². The number of likely N-dealkylation sites (N-methyl/N-ethyl adjacent to an activating group) is 1. The number of allylic oxidation sites excluding steroid dienone is 2. The highest BCUT2D eigenvalue weighted by atomic mass is 14.8. The van der Waals surface area contributed by atoms with Crippen LogP contribution in [0.3, 0.4) is 0 Å². The molecule has 1 N–H and O–H groups in total. The molecule has 1 heterocycles. The van der Waals surface area contributed by atoms with E-state index in [0.29, 0.717) is 0 Å². The summed E-state index contributed by atoms with van der Waals surface area (Å²) in [4.78, 5) is 4.07. The van der Waals surface area contributed by atoms with Crippen molar-refractivity contribution >= 4 is 0 Å². The van der Waals surface area contributed by atoms with Gasteiger partial charge in [0.15, 0.2) is 0 Å². The second-order valence-corrected chi connectivity index (χ2v) is 3.93. The molecular formula is C12H16N2. The molecule has 0 unspecified atom stereocenters. The van der Waals surface area contributed by atoms with E-state index in [1.165, 1.54) is 5.56 Å². The molecule has 1 aromatic rings. The fourth-order valence-electron chi connectivity index (χ4n) is 2.23. The lowest BCUT2D eigenvalue weighted by Crippen LogP contribution is -2.34. The maximum atomic E-state index is 4.07. The third-order valence-electron chi connectivity index (χ3n) is 2.99. The summed E-state index contributed by atoms with van der Waals surface area (Å²) >= 11 is 0. The predicted octanol–water partition coefficient (Wildman–Crippen LogP) is 1.89. The zero-order chi connectivity index (χ0) is 9.86. The Morgan fingerprint density at radius 2 is 1.93 bits per heavy atom. The molecule has 0 aliphatic heterocycles. The summed E-state index contributed by atoms with van der Waals surface area (Å²) in [6.07, 6.45) is 10.6. The number of nitrogens with one attached hydrogen (secondary N) is 1. The van der Waals surface area contributed by atoms with Crippen molar-refractivity contribution in [1.82, 2.24) is 10.3 Å². The molecule has 0 amide bonds. The monoisotopic (exact) mass is 188 g/mol. The van der Waals surface area contributed by atoms with Crippen molar-refractivity contribution in [2.75, 3.05) is 13.6 Å². The van der Waals surface area contributed by atoms with E-state index in [1.807, 2.05) is 19.4 Å². The highest BCUT2D eigenvalue weighted by Crippen LogP contribution is 2.35. The molecule has 0 aromatic carbocycles. The first-order chi connectivity index (χ1) is 6.87. The van der Waals surface area contributed by atoms with Gasteiger partial charge in [-0.05, 0) is 37.6 Å². The number of pyridine rings is 1. The normalized spacial score (nSPS) is 18.6. The molecule has 1 aromatic heterocycles. The van der Waals surface area contributed by atoms with Gasteiger partial charge in [-0.1, -0.05) is 12.2 Å². The van der Waals surface area contributed by atoms with Gasteiger partial charge in [0.2, 0.25) is 0 Å². The van der Waals surface area contributed by atoms with Crippen molar-refractivity contribution in [3.05, 3.63) is 42.2 Å². The van der Waals surface area contributed by atoms with Crippen LogP contribution in [0.1, 0.15) is 18.4 Å². The molecule has 1 aliphatic carbocycles. The molecule has 2 heteroatoms. The van der Waals surface area contributed by atoms with Gasteiger partial charge in [0, 0.05) is 24.4 Å². The molecule has 2 nitrogen and oxygen atoms in total. The molecule has 0 bridgehead atoms. The minimum Gasteiger partial charge on any atom is -0.319 e. The average Bonchev–Trinajstić information content (AvgIpc) is 2.70. The van der Waals surface area contributed by atoms with Gasteiger partial charge in [0.1, 0.15) is 0 Å². The maximum absolute atomic E-state index is 4.07. The van der Waals surface area contributed by atoms with E-state index in [9.17, 15) is 0 Å². The van der Waals surface area contributed by atoms with Crippen molar-refractivity contribution in [2.24, 2.45) is 0 Å². The highest BCUT2D eigenvalue weighted by Gasteiger charge is 2.31. The van der Waals surface area contributed by atoms with Gasteiger partial charge < -0.3 is 5.32 Å². The number of hydrogen-bond acceptors (Lipinski definition) is 2. The summed E-state index contributed by atoms with van der Waals surface area (Å²) in [7, 11) is 2.02. The number of rotatable bonds is 3. The van der Waals surface area contributed by atoms with E-state index in [2.05, 4.69) is 34.6 Å². The van der Waals surface area contributed by atoms with Crippen LogP contribution in [0.2, 0.25) is 0 Å². The third-order valence-corrected chi connectivity index (χ3v) is 2.99. The Balaban J connectivity index is 2.28. The van der Waals surface area contributed by atoms with Gasteiger partial charge in [0.05, 0.1) is 0 Å². The van der Waals surface area contributed by atoms with Crippen LogP contribution in [0.15, 0.2) is 36.7 Å². The SMILES string of the molecule is CNCC1(c2ccncc2)CC=CC1. The van der Waals surface area contributed by atoms with Crippen molar-refractivity contribution < 1.29 is 0 Å². The minimum absolute atomic E-state index is 0.275. The van der Waals surface area contributed by atoms with Crippen molar-refractivity contribution in [1.29, 1.82) is 0 Å². The van der Waals surface area contributed by atoms with E-state index in [4.69, 9.17) is 0 Å². The summed E-state index contributed by atoms with van der Waals surface area (Å²) in [6.45, 7) is 1.03. The van der Waals surface area contributed by atoms with Gasteiger partial charge in [0.25, 0.3) is 0 Å². The van der Waals surface area contributed by atoms with E-state index < -0.39 is 0 Å². The molecular weight excluding hydrogens is 172 g/mol. The van der Waals surface area contributed by atoms with E-state index in [-0.39, 0.29) is 5.41 Å². The van der Waals surface area contributed by atoms with Crippen molar-refractivity contribution in [3.63, 3.8) is 0 Å². The standard InChI is InChI=1S/C12H16N2/c1-13-10-12(6-2-3-7-12)11-4-8-14-9-5-11/h2-5,8-9,13H,6-7,10H2,1H3. The summed E-state index contributed by atoms with van der Waals surface area (Å²) < 4.78 is 0. The zero-order valence-corrected chi connectivity index (χ0v) is 8.53. The topological polar surface area (TPSA) is 24.9 Å². The molecule has 2 rings (SSSR count). The lowest BCUT2D eigenvalue weighted by Gasteiger charge is -2.29. The highest BCUT2D eigenvalue weighted by molar-refractivity contribution is 5.29. The fourth-order valence-corrected chi connectivity index (χ4v) is 2.23. The fraction of sp³-hybridized carbons (Fsp3) is 0.417. The quantitative estimate of drug-likeness (QED) is 0.733. The molecule has 0 fully saturated rings. The van der Waals surface area contributed by atoms with Crippen molar-refractivity contribution in [2.45, 2.75) is 18.3 Å². The lowest BCUT2D eigenvalue weighted by molar-refractivity contribution is 0.435. The second-order valence-electron chi connectivity index (χ2n) is 3.93. The molecule has 0 saturated heterocycles. The number of nitrogens with zero attached hydrogens (tertiary/aromatic N) is 1. The first-order valence-corrected chi connectivity index (χ1v) is 5.07. The van der Waals surface area contributed by atoms with Crippen molar-refractivity contribution in [3.8, 4) is 0 Å². The molecule has 1 aliphatic rings. The van der Waals surface area contributed by atoms with Gasteiger partial charge >= 0.3 is 0 Å². The van der Waals surface area contributed by atoms with Crippen LogP contribution in [-0.4, -0.2) is 18.6 Å². The summed E-state index contributed by atoms with van der Waals surface area (Å²) in [5, 5.41) is 3.29. The Bertz CT molecular complexity index is 308. The molecule has 74 valence electrons. The lowest BCUT2D eigenvalue weighted by atomic mass is 9.78. The molecule has 0 saturated carbocycles. The Morgan fingerprint density at radius 3 is 2.50 bits per heavy atom. The van der Waals surface area contributed by atoms with Crippen LogP contribution in [0.4, 0.5) is 0 Å². The van der Waals surface area contributed by atoms with Gasteiger partial charge in [-0.15, -0.1) is 0 Å². The average molecular weight is 188 g/mol. The molecule has 0 radical (unpaired) electrons. The van der Waals surface area contributed by atoms with Crippen LogP contribution in [0.5, 0.6) is 0 Å². The molecule has 14 heavy (non-hydrogen) atoms. The maximum Gasteiger partial charge on any atom is 0.0270 e. The number of hydrogen-bond donors (Lipinski definition) is 1. The van der Waals surface area contributed by atoms with Crippen LogP contribution in [-0.2, 0) is 5.41 Å². The molecule has 0 atom stereocenters. The Kier molecular flexibility index (Phi) is 2.64. The van der Waals surface area contributed by atoms with Gasteiger partial charge in [-0.2, -0.15) is 0 Å². The minimum atomic E-state index is 0.275. The van der Waals surface area contributed by atoms with Gasteiger partial charge in [-0.3, -0.25) is 4.98 Å². The number of aromatic nitrogens is 1. The van der Waals surface area contributed by atoms with Crippen LogP contribution < -0.4 is 5.32 Å². The predicted molar refractivity (Wildman–Crippen MR) is 58.2 cm³/mol. The van der Waals surface area contributed by atoms with Gasteiger partial charge in [-0.25, -0.2) is 0 Å². The third kappa shape index (κ3) is 1.58. The summed E-state index contributed by atoms with van der Waals surface area (Å²) in [5.74, 6) is 0. The van der Waals surface area contributed by atoms with Crippen LogP contribution >= 0.6 is 0 Å².